The summed E-state index contributed by atoms with van der Waals surface area (Å²) in [5.74, 6) is 0.480. The Balaban J connectivity index is 1.86. The van der Waals surface area contributed by atoms with E-state index in [2.05, 4.69) is 26.2 Å². The van der Waals surface area contributed by atoms with Gasteiger partial charge in [-0.25, -0.2) is 0 Å². The molecule has 2 atom stereocenters. The Morgan fingerprint density at radius 2 is 2.15 bits per heavy atom. The predicted octanol–water partition coefficient (Wildman–Crippen LogP) is 3.53. The van der Waals surface area contributed by atoms with Gasteiger partial charge in [0.05, 0.1) is 0 Å². The van der Waals surface area contributed by atoms with Crippen LogP contribution < -0.4 is 5.32 Å². The highest BCUT2D eigenvalue weighted by Gasteiger charge is 2.28. The van der Waals surface area contributed by atoms with Crippen molar-refractivity contribution in [1.82, 2.24) is 10.3 Å². The Bertz CT molecular complexity index is 623. The van der Waals surface area contributed by atoms with Crippen molar-refractivity contribution in [3.8, 4) is 0 Å². The van der Waals surface area contributed by atoms with E-state index in [1.165, 1.54) is 12.8 Å². The maximum absolute atomic E-state index is 12.5. The van der Waals surface area contributed by atoms with Gasteiger partial charge in [-0.3, -0.25) is 9.78 Å². The van der Waals surface area contributed by atoms with E-state index in [1.54, 1.807) is 6.20 Å². The zero-order chi connectivity index (χ0) is 13.9. The SMILES string of the molecule is O=C(NC1CCCC1CBr)c1nccc2ccccc12. The fourth-order valence-corrected chi connectivity index (χ4v) is 3.72. The molecule has 1 aromatic heterocycles. The van der Waals surface area contributed by atoms with Gasteiger partial charge < -0.3 is 5.32 Å². The van der Waals surface area contributed by atoms with Crippen molar-refractivity contribution in [3.63, 3.8) is 0 Å². The van der Waals surface area contributed by atoms with Gasteiger partial charge in [0.1, 0.15) is 5.69 Å². The molecule has 0 aliphatic heterocycles. The second kappa shape index (κ2) is 5.92. The Morgan fingerprint density at radius 3 is 3.00 bits per heavy atom. The summed E-state index contributed by atoms with van der Waals surface area (Å²) in [5, 5.41) is 6.07. The number of amides is 1. The summed E-state index contributed by atoms with van der Waals surface area (Å²) >= 11 is 3.54. The summed E-state index contributed by atoms with van der Waals surface area (Å²) in [6, 6.07) is 10.1. The number of alkyl halides is 1. The van der Waals surface area contributed by atoms with Gasteiger partial charge in [-0.05, 0) is 30.2 Å². The average Bonchev–Trinajstić information content (AvgIpc) is 2.93. The fourth-order valence-electron chi connectivity index (χ4n) is 2.95. The number of rotatable bonds is 3. The van der Waals surface area contributed by atoms with Gasteiger partial charge in [0.2, 0.25) is 0 Å². The molecular formula is C16H17BrN2O. The van der Waals surface area contributed by atoms with Crippen LogP contribution in [0.2, 0.25) is 0 Å². The molecule has 2 unspecified atom stereocenters. The molecule has 1 heterocycles. The standard InChI is InChI=1S/C16H17BrN2O/c17-10-12-5-3-7-14(12)19-16(20)15-13-6-2-1-4-11(13)8-9-18-15/h1-2,4,6,8-9,12,14H,3,5,7,10H2,(H,19,20). The number of hydrogen-bond acceptors (Lipinski definition) is 2. The van der Waals surface area contributed by atoms with E-state index < -0.39 is 0 Å². The van der Waals surface area contributed by atoms with Crippen LogP contribution in [0.15, 0.2) is 36.5 Å². The van der Waals surface area contributed by atoms with E-state index in [0.29, 0.717) is 11.6 Å². The molecule has 1 amide bonds. The number of nitrogens with one attached hydrogen (secondary N) is 1. The molecule has 0 spiro atoms. The van der Waals surface area contributed by atoms with Gasteiger partial charge in [0.25, 0.3) is 5.91 Å². The molecule has 1 aliphatic carbocycles. The number of pyridine rings is 1. The normalized spacial score (nSPS) is 22.1. The van der Waals surface area contributed by atoms with Gasteiger partial charge in [0.15, 0.2) is 0 Å². The predicted molar refractivity (Wildman–Crippen MR) is 84.1 cm³/mol. The summed E-state index contributed by atoms with van der Waals surface area (Å²) in [4.78, 5) is 16.8. The van der Waals surface area contributed by atoms with E-state index in [4.69, 9.17) is 0 Å². The molecule has 1 aliphatic rings. The minimum Gasteiger partial charge on any atom is -0.348 e. The first-order valence-electron chi connectivity index (χ1n) is 7.00. The van der Waals surface area contributed by atoms with Crippen molar-refractivity contribution >= 4 is 32.6 Å². The lowest BCUT2D eigenvalue weighted by Gasteiger charge is -2.19. The van der Waals surface area contributed by atoms with Crippen molar-refractivity contribution in [2.24, 2.45) is 5.92 Å². The average molecular weight is 333 g/mol. The van der Waals surface area contributed by atoms with E-state index in [0.717, 1.165) is 22.5 Å². The number of benzene rings is 1. The summed E-state index contributed by atoms with van der Waals surface area (Å²) in [6.07, 6.45) is 5.13. The van der Waals surface area contributed by atoms with Gasteiger partial charge in [-0.15, -0.1) is 0 Å². The number of fused-ring (bicyclic) bond motifs is 1. The quantitative estimate of drug-likeness (QED) is 0.873. The Kier molecular flexibility index (Phi) is 4.01. The second-order valence-corrected chi connectivity index (χ2v) is 5.95. The minimum absolute atomic E-state index is 0.0559. The van der Waals surface area contributed by atoms with Crippen molar-refractivity contribution in [2.45, 2.75) is 25.3 Å². The highest BCUT2D eigenvalue weighted by Crippen LogP contribution is 2.27. The fraction of sp³-hybridized carbons (Fsp3) is 0.375. The molecule has 2 aromatic rings. The largest absolute Gasteiger partial charge is 0.348 e. The van der Waals surface area contributed by atoms with E-state index in [1.807, 2.05) is 30.3 Å². The third kappa shape index (κ3) is 2.57. The first-order chi connectivity index (χ1) is 9.79. The summed E-state index contributed by atoms with van der Waals surface area (Å²) in [7, 11) is 0. The summed E-state index contributed by atoms with van der Waals surface area (Å²) < 4.78 is 0. The first-order valence-corrected chi connectivity index (χ1v) is 8.12. The van der Waals surface area contributed by atoms with Crippen molar-refractivity contribution in [1.29, 1.82) is 0 Å². The molecule has 3 rings (SSSR count). The Morgan fingerprint density at radius 1 is 1.30 bits per heavy atom. The maximum Gasteiger partial charge on any atom is 0.270 e. The lowest BCUT2D eigenvalue weighted by Crippen LogP contribution is -2.38. The molecule has 0 radical (unpaired) electrons. The molecule has 3 nitrogen and oxygen atoms in total. The van der Waals surface area contributed by atoms with Crippen molar-refractivity contribution in [3.05, 3.63) is 42.2 Å². The third-order valence-corrected chi connectivity index (χ3v) is 4.89. The molecule has 104 valence electrons. The molecule has 1 saturated carbocycles. The van der Waals surface area contributed by atoms with Crippen LogP contribution in [0.5, 0.6) is 0 Å². The molecule has 1 N–H and O–H groups in total. The van der Waals surface area contributed by atoms with Gasteiger partial charge in [0, 0.05) is 23.0 Å². The lowest BCUT2D eigenvalue weighted by molar-refractivity contribution is 0.0927. The minimum atomic E-state index is -0.0559. The number of aromatic nitrogens is 1. The zero-order valence-electron chi connectivity index (χ0n) is 11.2. The number of carbonyl (C=O) groups is 1. The van der Waals surface area contributed by atoms with Crippen LogP contribution >= 0.6 is 15.9 Å². The summed E-state index contributed by atoms with van der Waals surface area (Å²) in [6.45, 7) is 0. The lowest BCUT2D eigenvalue weighted by atomic mass is 10.1. The first kappa shape index (κ1) is 13.6. The second-order valence-electron chi connectivity index (χ2n) is 5.31. The van der Waals surface area contributed by atoms with Crippen molar-refractivity contribution < 1.29 is 4.79 Å². The van der Waals surface area contributed by atoms with Gasteiger partial charge in [-0.2, -0.15) is 0 Å². The topological polar surface area (TPSA) is 42.0 Å². The maximum atomic E-state index is 12.5. The van der Waals surface area contributed by atoms with Crippen LogP contribution in [0.25, 0.3) is 10.8 Å². The van der Waals surface area contributed by atoms with Crippen LogP contribution in [-0.4, -0.2) is 22.3 Å². The van der Waals surface area contributed by atoms with Crippen LogP contribution in [0.1, 0.15) is 29.8 Å². The molecule has 0 bridgehead atoms. The van der Waals surface area contributed by atoms with Crippen LogP contribution in [0, 0.1) is 5.92 Å². The number of carbonyl (C=O) groups excluding carboxylic acids is 1. The number of nitrogens with zero attached hydrogens (tertiary/aromatic N) is 1. The van der Waals surface area contributed by atoms with Crippen LogP contribution in [0.4, 0.5) is 0 Å². The molecule has 20 heavy (non-hydrogen) atoms. The smallest absolute Gasteiger partial charge is 0.270 e. The Labute approximate surface area is 126 Å². The molecular weight excluding hydrogens is 316 g/mol. The molecule has 4 heteroatoms. The summed E-state index contributed by atoms with van der Waals surface area (Å²) in [5.41, 5.74) is 0.531. The van der Waals surface area contributed by atoms with Gasteiger partial charge in [-0.1, -0.05) is 46.6 Å². The number of hydrogen-bond donors (Lipinski definition) is 1. The Hall–Kier alpha value is -1.42. The zero-order valence-corrected chi connectivity index (χ0v) is 12.8. The van der Waals surface area contributed by atoms with Gasteiger partial charge >= 0.3 is 0 Å². The monoisotopic (exact) mass is 332 g/mol. The highest BCUT2D eigenvalue weighted by atomic mass is 79.9. The molecule has 1 fully saturated rings. The molecule has 1 aromatic carbocycles. The molecule has 0 saturated heterocycles. The van der Waals surface area contributed by atoms with Crippen LogP contribution in [-0.2, 0) is 0 Å². The van der Waals surface area contributed by atoms with E-state index >= 15 is 0 Å². The van der Waals surface area contributed by atoms with E-state index in [-0.39, 0.29) is 11.9 Å². The highest BCUT2D eigenvalue weighted by molar-refractivity contribution is 9.09. The third-order valence-electron chi connectivity index (χ3n) is 4.06. The van der Waals surface area contributed by atoms with E-state index in [9.17, 15) is 4.79 Å². The van der Waals surface area contributed by atoms with Crippen LogP contribution in [0.3, 0.4) is 0 Å². The van der Waals surface area contributed by atoms with Crippen molar-refractivity contribution in [2.75, 3.05) is 5.33 Å². The number of halogens is 1.